The summed E-state index contributed by atoms with van der Waals surface area (Å²) in [5, 5.41) is 8.82. The Bertz CT molecular complexity index is 1150. The smallest absolute Gasteiger partial charge is 0.271 e. The number of rotatable bonds is 4. The van der Waals surface area contributed by atoms with E-state index in [9.17, 15) is 4.79 Å². The third-order valence-electron chi connectivity index (χ3n) is 4.93. The Balaban J connectivity index is 1.72. The van der Waals surface area contributed by atoms with Gasteiger partial charge in [-0.15, -0.1) is 0 Å². The molecular formula is C24H20N2O2. The fraction of sp³-hybridized carbons (Fsp3) is 0.0833. The molecule has 4 aromatic carbocycles. The van der Waals surface area contributed by atoms with E-state index in [-0.39, 0.29) is 5.91 Å². The number of hydrazone groups is 1. The van der Waals surface area contributed by atoms with Crippen LogP contribution in [-0.4, -0.2) is 19.2 Å². The number of nitrogens with one attached hydrogen (secondary N) is 1. The second kappa shape index (κ2) is 7.53. The molecule has 0 aliphatic rings. The van der Waals surface area contributed by atoms with Gasteiger partial charge in [0.25, 0.3) is 5.91 Å². The first-order chi connectivity index (χ1) is 13.7. The molecule has 138 valence electrons. The van der Waals surface area contributed by atoms with Crippen LogP contribution in [0.4, 0.5) is 0 Å². The number of hydrogen-bond acceptors (Lipinski definition) is 3. The molecule has 1 N–H and O–H groups in total. The summed E-state index contributed by atoms with van der Waals surface area (Å²) >= 11 is 0. The zero-order valence-electron chi connectivity index (χ0n) is 15.8. The van der Waals surface area contributed by atoms with Crippen molar-refractivity contribution in [3.05, 3.63) is 89.5 Å². The molecule has 0 bridgehead atoms. The van der Waals surface area contributed by atoms with E-state index in [0.29, 0.717) is 11.3 Å². The summed E-state index contributed by atoms with van der Waals surface area (Å²) in [5.74, 6) is 0.350. The first-order valence-corrected chi connectivity index (χ1v) is 9.06. The molecule has 0 heterocycles. The number of hydrogen-bond donors (Lipinski definition) is 1. The molecule has 0 atom stereocenters. The van der Waals surface area contributed by atoms with Gasteiger partial charge in [0.05, 0.1) is 13.3 Å². The van der Waals surface area contributed by atoms with Crippen molar-refractivity contribution in [2.24, 2.45) is 5.10 Å². The number of fused-ring (bicyclic) bond motifs is 2. The van der Waals surface area contributed by atoms with Gasteiger partial charge in [0.15, 0.2) is 0 Å². The lowest BCUT2D eigenvalue weighted by Crippen LogP contribution is -2.17. The first-order valence-electron chi connectivity index (χ1n) is 9.06. The van der Waals surface area contributed by atoms with E-state index < -0.39 is 0 Å². The predicted molar refractivity (Wildman–Crippen MR) is 114 cm³/mol. The maximum atomic E-state index is 12.4. The largest absolute Gasteiger partial charge is 0.497 e. The Morgan fingerprint density at radius 3 is 2.11 bits per heavy atom. The van der Waals surface area contributed by atoms with Crippen LogP contribution in [0.3, 0.4) is 0 Å². The summed E-state index contributed by atoms with van der Waals surface area (Å²) in [6, 6.07) is 23.5. The molecule has 0 aliphatic heterocycles. The summed E-state index contributed by atoms with van der Waals surface area (Å²) in [7, 11) is 1.57. The number of nitrogens with zero attached hydrogens (tertiary/aromatic N) is 1. The zero-order chi connectivity index (χ0) is 19.5. The summed E-state index contributed by atoms with van der Waals surface area (Å²) in [6.45, 7) is 2.14. The molecule has 4 heteroatoms. The minimum atomic E-state index is -0.282. The van der Waals surface area contributed by atoms with Crippen molar-refractivity contribution < 1.29 is 9.53 Å². The van der Waals surface area contributed by atoms with E-state index in [0.717, 1.165) is 16.3 Å². The minimum Gasteiger partial charge on any atom is -0.497 e. The molecule has 0 saturated carbocycles. The van der Waals surface area contributed by atoms with Crippen LogP contribution in [0.2, 0.25) is 0 Å². The third-order valence-corrected chi connectivity index (χ3v) is 4.93. The second-order valence-electron chi connectivity index (χ2n) is 6.56. The van der Waals surface area contributed by atoms with E-state index in [1.165, 1.54) is 16.3 Å². The van der Waals surface area contributed by atoms with Crippen LogP contribution in [-0.2, 0) is 0 Å². The van der Waals surface area contributed by atoms with Gasteiger partial charge >= 0.3 is 0 Å². The highest BCUT2D eigenvalue weighted by molar-refractivity contribution is 6.15. The Morgan fingerprint density at radius 1 is 0.893 bits per heavy atom. The summed E-state index contributed by atoms with van der Waals surface area (Å²) in [4.78, 5) is 12.4. The van der Waals surface area contributed by atoms with E-state index in [2.05, 4.69) is 41.7 Å². The molecular weight excluding hydrogens is 348 g/mol. The van der Waals surface area contributed by atoms with Crippen molar-refractivity contribution in [1.29, 1.82) is 0 Å². The van der Waals surface area contributed by atoms with Crippen molar-refractivity contribution in [2.75, 3.05) is 7.11 Å². The molecule has 0 fully saturated rings. The van der Waals surface area contributed by atoms with Crippen LogP contribution in [0.25, 0.3) is 21.5 Å². The summed E-state index contributed by atoms with van der Waals surface area (Å²) in [6.07, 6.45) is 1.72. The molecule has 0 saturated heterocycles. The van der Waals surface area contributed by atoms with Crippen molar-refractivity contribution in [3.63, 3.8) is 0 Å². The summed E-state index contributed by atoms with van der Waals surface area (Å²) in [5.41, 5.74) is 5.34. The molecule has 1 amide bonds. The van der Waals surface area contributed by atoms with Crippen LogP contribution in [0.15, 0.2) is 77.9 Å². The Morgan fingerprint density at radius 2 is 1.50 bits per heavy atom. The lowest BCUT2D eigenvalue weighted by atomic mass is 9.93. The maximum Gasteiger partial charge on any atom is 0.271 e. The Labute approximate surface area is 163 Å². The number of carbonyl (C=O) groups excluding carboxylic acids is 1. The molecule has 4 rings (SSSR count). The normalized spacial score (nSPS) is 11.2. The average Bonchev–Trinajstić information content (AvgIpc) is 2.76. The van der Waals surface area contributed by atoms with Gasteiger partial charge in [0, 0.05) is 11.1 Å². The van der Waals surface area contributed by atoms with Crippen molar-refractivity contribution in [3.8, 4) is 5.75 Å². The molecule has 4 nitrogen and oxygen atoms in total. The highest BCUT2D eigenvalue weighted by atomic mass is 16.5. The second-order valence-corrected chi connectivity index (χ2v) is 6.56. The molecule has 0 spiro atoms. The highest BCUT2D eigenvalue weighted by Crippen LogP contribution is 2.31. The van der Waals surface area contributed by atoms with Crippen LogP contribution in [0, 0.1) is 6.92 Å². The number of benzene rings is 4. The van der Waals surface area contributed by atoms with Gasteiger partial charge in [-0.3, -0.25) is 4.79 Å². The zero-order valence-corrected chi connectivity index (χ0v) is 15.8. The van der Waals surface area contributed by atoms with Gasteiger partial charge in [-0.05, 0) is 52.2 Å². The predicted octanol–water partition coefficient (Wildman–Crippen LogP) is 5.07. The molecule has 0 unspecified atom stereocenters. The lowest BCUT2D eigenvalue weighted by molar-refractivity contribution is 0.0955. The first kappa shape index (κ1) is 17.7. The van der Waals surface area contributed by atoms with Crippen LogP contribution >= 0.6 is 0 Å². The Kier molecular flexibility index (Phi) is 4.77. The number of amides is 1. The van der Waals surface area contributed by atoms with Gasteiger partial charge in [-0.2, -0.15) is 5.10 Å². The van der Waals surface area contributed by atoms with Gasteiger partial charge in [-0.25, -0.2) is 5.43 Å². The standard InChI is InChI=1S/C24H20N2O2/c1-16-19-10-3-5-12-21(19)23(22-13-6-4-11-20(16)22)15-25-26-24(27)17-8-7-9-18(14-17)28-2/h3-15H,1-2H3,(H,26,27)/b25-15-. The van der Waals surface area contributed by atoms with Crippen LogP contribution < -0.4 is 10.2 Å². The van der Waals surface area contributed by atoms with Crippen LogP contribution in [0.1, 0.15) is 21.5 Å². The minimum absolute atomic E-state index is 0.282. The quantitative estimate of drug-likeness (QED) is 0.310. The van der Waals surface area contributed by atoms with E-state index in [1.54, 1.807) is 37.6 Å². The fourth-order valence-electron chi connectivity index (χ4n) is 3.50. The van der Waals surface area contributed by atoms with Gasteiger partial charge in [-0.1, -0.05) is 54.6 Å². The molecule has 28 heavy (non-hydrogen) atoms. The van der Waals surface area contributed by atoms with Crippen molar-refractivity contribution >= 4 is 33.7 Å². The number of aryl methyl sites for hydroxylation is 1. The third kappa shape index (κ3) is 3.21. The molecule has 0 aliphatic carbocycles. The number of ether oxygens (including phenoxy) is 1. The molecule has 0 radical (unpaired) electrons. The number of carbonyl (C=O) groups is 1. The summed E-state index contributed by atoms with van der Waals surface area (Å²) < 4.78 is 5.17. The van der Waals surface area contributed by atoms with E-state index in [1.807, 2.05) is 24.3 Å². The topological polar surface area (TPSA) is 50.7 Å². The van der Waals surface area contributed by atoms with Crippen molar-refractivity contribution in [2.45, 2.75) is 6.92 Å². The highest BCUT2D eigenvalue weighted by Gasteiger charge is 2.10. The fourth-order valence-corrected chi connectivity index (χ4v) is 3.50. The number of methoxy groups -OCH3 is 1. The van der Waals surface area contributed by atoms with Gasteiger partial charge < -0.3 is 4.74 Å². The van der Waals surface area contributed by atoms with E-state index in [4.69, 9.17) is 4.74 Å². The average molecular weight is 368 g/mol. The Hall–Kier alpha value is -3.66. The lowest BCUT2D eigenvalue weighted by Gasteiger charge is -2.12. The van der Waals surface area contributed by atoms with Gasteiger partial charge in [0.2, 0.25) is 0 Å². The SMILES string of the molecule is COc1cccc(C(=O)N/N=C\c2c3ccccc3c(C)c3ccccc23)c1. The monoisotopic (exact) mass is 368 g/mol. The molecule has 0 aromatic heterocycles. The van der Waals surface area contributed by atoms with E-state index >= 15 is 0 Å². The van der Waals surface area contributed by atoms with Gasteiger partial charge in [0.1, 0.15) is 5.75 Å². The maximum absolute atomic E-state index is 12.4. The van der Waals surface area contributed by atoms with Crippen molar-refractivity contribution in [1.82, 2.24) is 5.43 Å². The van der Waals surface area contributed by atoms with Crippen LogP contribution in [0.5, 0.6) is 5.75 Å². The molecule has 4 aromatic rings.